The molecule has 5 aromatic carbocycles. The molecule has 5 aliphatic rings. The standard InChI is InChI=1S/C25H32F2O.C24H36F2O2.C18H26F2O2.C16H24O/c1-3-5-17-28-23-16-15-22(24(26)25(23)27)21-13-11-20(12-14-21)19-9-7-18(6-4-2)8-10-19;1-3-5-17-6-10-19(11-7-17)20-12-8-18(9-13-20)16-28-22-15-14-21(27-4-2)23(25)24(22)26;1-3-5-13-6-8-14(9-7-13)12-22-16-11-10-15(21-4-2)17(19)18(16)20;1-3-4-13-5-7-14(8-6-13)15-9-11-16(17-2)12-10-15/h11-16,18-19H,3-10,17H2,1-2H3;14-15,17-20H,3-13,16H2,1-2H3;10-11,13-14H,3-9,12H2,1-2H3;9-14H,3-8H2,1-2H3. The Morgan fingerprint density at radius 3 is 1.00 bits per heavy atom. The first-order valence-electron chi connectivity index (χ1n) is 37.6. The van der Waals surface area contributed by atoms with E-state index in [2.05, 4.69) is 64.1 Å². The molecule has 10 rings (SSSR count). The van der Waals surface area contributed by atoms with Crippen molar-refractivity contribution in [2.75, 3.05) is 40.1 Å². The Morgan fingerprint density at radius 1 is 0.316 bits per heavy atom. The maximum atomic E-state index is 14.6. The first-order valence-corrected chi connectivity index (χ1v) is 37.6. The average molecular weight is 1330 g/mol. The van der Waals surface area contributed by atoms with Crippen molar-refractivity contribution >= 4 is 0 Å². The molecule has 0 saturated heterocycles. The van der Waals surface area contributed by atoms with Crippen LogP contribution in [0.3, 0.4) is 0 Å². The van der Waals surface area contributed by atoms with Gasteiger partial charge in [0.25, 0.3) is 0 Å². The summed E-state index contributed by atoms with van der Waals surface area (Å²) < 4.78 is 117. The van der Waals surface area contributed by atoms with E-state index in [9.17, 15) is 26.3 Å². The number of methoxy groups -OCH3 is 1. The molecule has 95 heavy (non-hydrogen) atoms. The lowest BCUT2D eigenvalue weighted by Gasteiger charge is -2.37. The van der Waals surface area contributed by atoms with Gasteiger partial charge in [-0.25, -0.2) is 4.39 Å². The molecule has 12 heteroatoms. The molecule has 6 nitrogen and oxygen atoms in total. The SMILES string of the molecule is CCCC1CCC(C2CCC(COc3ccc(OCC)c(F)c3F)CC2)CC1.CCCC1CCC(COc2ccc(OCC)c(F)c2F)CC1.CCCC1CCC(c2ccc(OC)cc2)CC1.CCCCOc1ccc(-c2ccc(C3CCC(CCC)CC3)cc2)c(F)c1F. The lowest BCUT2D eigenvalue weighted by molar-refractivity contribution is 0.120. The monoisotopic (exact) mass is 1320 g/mol. The summed E-state index contributed by atoms with van der Waals surface area (Å²) in [6.07, 6.45) is 38.2. The van der Waals surface area contributed by atoms with E-state index in [-0.39, 0.29) is 28.7 Å². The Balaban J connectivity index is 0.000000182. The van der Waals surface area contributed by atoms with Gasteiger partial charge in [-0.1, -0.05) is 154 Å². The van der Waals surface area contributed by atoms with E-state index in [0.717, 1.165) is 85.7 Å². The maximum absolute atomic E-state index is 14.6. The van der Waals surface area contributed by atoms with Crippen LogP contribution in [0.2, 0.25) is 0 Å². The Hall–Kier alpha value is -5.52. The minimum Gasteiger partial charge on any atom is -0.497 e. The maximum Gasteiger partial charge on any atom is 0.204 e. The van der Waals surface area contributed by atoms with Crippen LogP contribution in [0.1, 0.15) is 264 Å². The van der Waals surface area contributed by atoms with Gasteiger partial charge in [0.1, 0.15) is 5.75 Å². The summed E-state index contributed by atoms with van der Waals surface area (Å²) in [6.45, 7) is 16.5. The molecule has 0 N–H and O–H groups in total. The molecular weight excluding hydrogens is 1210 g/mol. The molecule has 5 fully saturated rings. The lowest BCUT2D eigenvalue weighted by atomic mass is 9.69. The Labute approximate surface area is 569 Å². The number of rotatable bonds is 27. The van der Waals surface area contributed by atoms with Crippen molar-refractivity contribution in [3.8, 4) is 45.6 Å². The molecule has 5 saturated carbocycles. The van der Waals surface area contributed by atoms with Crippen LogP contribution in [0.4, 0.5) is 26.3 Å². The lowest BCUT2D eigenvalue weighted by Crippen LogP contribution is -2.27. The van der Waals surface area contributed by atoms with Gasteiger partial charge in [0.15, 0.2) is 34.6 Å². The fraction of sp³-hybridized carbons (Fsp3) is 0.639. The Bertz CT molecular complexity index is 2920. The average Bonchev–Trinajstić information content (AvgIpc) is 0.854. The van der Waals surface area contributed by atoms with Gasteiger partial charge >= 0.3 is 0 Å². The molecule has 0 aliphatic heterocycles. The minimum atomic E-state index is -0.967. The van der Waals surface area contributed by atoms with Gasteiger partial charge in [-0.2, -0.15) is 22.0 Å². The largest absolute Gasteiger partial charge is 0.497 e. The van der Waals surface area contributed by atoms with Crippen LogP contribution in [-0.4, -0.2) is 40.1 Å². The number of hydrogen-bond donors (Lipinski definition) is 0. The number of ether oxygens (including phenoxy) is 6. The van der Waals surface area contributed by atoms with Gasteiger partial charge in [0, 0.05) is 5.56 Å². The van der Waals surface area contributed by atoms with Crippen LogP contribution in [-0.2, 0) is 0 Å². The van der Waals surface area contributed by atoms with Crippen molar-refractivity contribution in [1.82, 2.24) is 0 Å². The topological polar surface area (TPSA) is 55.4 Å². The molecule has 5 aliphatic carbocycles. The van der Waals surface area contributed by atoms with E-state index in [1.54, 1.807) is 27.0 Å². The zero-order valence-electron chi connectivity index (χ0n) is 59.3. The van der Waals surface area contributed by atoms with Gasteiger partial charge in [0.05, 0.1) is 40.1 Å². The minimum absolute atomic E-state index is 0.00248. The van der Waals surface area contributed by atoms with Gasteiger partial charge in [-0.05, 0) is 247 Å². The van der Waals surface area contributed by atoms with Crippen molar-refractivity contribution in [2.45, 2.75) is 253 Å². The highest BCUT2D eigenvalue weighted by atomic mass is 19.2. The zero-order valence-corrected chi connectivity index (χ0v) is 59.3. The van der Waals surface area contributed by atoms with Crippen LogP contribution in [0.5, 0.6) is 34.5 Å². The summed E-state index contributed by atoms with van der Waals surface area (Å²) >= 11 is 0. The molecule has 0 bridgehead atoms. The third kappa shape index (κ3) is 23.9. The van der Waals surface area contributed by atoms with Crippen LogP contribution in [0, 0.1) is 82.2 Å². The van der Waals surface area contributed by atoms with E-state index < -0.39 is 34.9 Å². The van der Waals surface area contributed by atoms with Gasteiger partial charge in [0.2, 0.25) is 29.1 Å². The van der Waals surface area contributed by atoms with E-state index in [0.29, 0.717) is 61.9 Å². The summed E-state index contributed by atoms with van der Waals surface area (Å²) in [5, 5.41) is 0. The molecule has 0 heterocycles. The van der Waals surface area contributed by atoms with Crippen LogP contribution < -0.4 is 28.4 Å². The fourth-order valence-electron chi connectivity index (χ4n) is 15.9. The summed E-state index contributed by atoms with van der Waals surface area (Å²) in [7, 11) is 1.73. The quantitative estimate of drug-likeness (QED) is 0.0386. The van der Waals surface area contributed by atoms with Crippen molar-refractivity contribution in [3.63, 3.8) is 0 Å². The number of halogens is 6. The number of unbranched alkanes of at least 4 members (excludes halogenated alkanes) is 1. The van der Waals surface area contributed by atoms with Crippen LogP contribution in [0.25, 0.3) is 11.1 Å². The second-order valence-electron chi connectivity index (χ2n) is 28.2. The third-order valence-corrected chi connectivity index (χ3v) is 21.6. The van der Waals surface area contributed by atoms with E-state index in [1.807, 2.05) is 19.1 Å². The molecule has 0 spiro atoms. The summed E-state index contributed by atoms with van der Waals surface area (Å²) in [5.74, 6) is 3.01. The van der Waals surface area contributed by atoms with E-state index in [1.165, 1.54) is 196 Å². The van der Waals surface area contributed by atoms with E-state index >= 15 is 0 Å². The van der Waals surface area contributed by atoms with Crippen LogP contribution in [0.15, 0.2) is 84.9 Å². The molecule has 0 unspecified atom stereocenters. The number of hydrogen-bond acceptors (Lipinski definition) is 6. The third-order valence-electron chi connectivity index (χ3n) is 21.6. The first kappa shape index (κ1) is 76.8. The Kier molecular flexibility index (Phi) is 33.7. The van der Waals surface area contributed by atoms with Gasteiger partial charge in [-0.15, -0.1) is 0 Å². The second-order valence-corrected chi connectivity index (χ2v) is 28.2. The van der Waals surface area contributed by atoms with Crippen molar-refractivity contribution < 1.29 is 54.8 Å². The summed E-state index contributed by atoms with van der Waals surface area (Å²) in [6, 6.07) is 25.6. The Morgan fingerprint density at radius 2 is 0.632 bits per heavy atom. The number of benzene rings is 5. The predicted molar refractivity (Wildman–Crippen MR) is 377 cm³/mol. The highest BCUT2D eigenvalue weighted by Crippen LogP contribution is 2.44. The highest BCUT2D eigenvalue weighted by molar-refractivity contribution is 5.66. The highest BCUT2D eigenvalue weighted by Gasteiger charge is 2.32. The van der Waals surface area contributed by atoms with Crippen molar-refractivity contribution in [3.05, 3.63) is 131 Å². The van der Waals surface area contributed by atoms with E-state index in [4.69, 9.17) is 28.4 Å². The second kappa shape index (κ2) is 41.7. The molecular formula is C83H118F6O6. The van der Waals surface area contributed by atoms with Crippen LogP contribution >= 0.6 is 0 Å². The van der Waals surface area contributed by atoms with Gasteiger partial charge in [-0.3, -0.25) is 0 Å². The van der Waals surface area contributed by atoms with Crippen molar-refractivity contribution in [1.29, 1.82) is 0 Å². The fourth-order valence-corrected chi connectivity index (χ4v) is 15.9. The zero-order chi connectivity index (χ0) is 67.9. The molecule has 0 aromatic heterocycles. The first-order chi connectivity index (χ1) is 46.2. The smallest absolute Gasteiger partial charge is 0.204 e. The van der Waals surface area contributed by atoms with Crippen molar-refractivity contribution in [2.24, 2.45) is 47.3 Å². The summed E-state index contributed by atoms with van der Waals surface area (Å²) in [4.78, 5) is 0. The predicted octanol–water partition coefficient (Wildman–Crippen LogP) is 25.2. The summed E-state index contributed by atoms with van der Waals surface area (Å²) in [5.41, 5.74) is 3.82. The molecule has 528 valence electrons. The molecule has 0 radical (unpaired) electrons. The normalized spacial score (nSPS) is 23.5. The van der Waals surface area contributed by atoms with Gasteiger partial charge < -0.3 is 28.4 Å². The molecule has 0 amide bonds. The molecule has 0 atom stereocenters. The molecule has 5 aromatic rings.